The van der Waals surface area contributed by atoms with E-state index in [1.165, 1.54) is 0 Å². The van der Waals surface area contributed by atoms with E-state index in [0.29, 0.717) is 12.1 Å². The Morgan fingerprint density at radius 3 is 1.58 bits per heavy atom. The fourth-order valence-corrected chi connectivity index (χ4v) is 1.06. The largest absolute Gasteiger partial charge is 2.00 e. The minimum Gasteiger partial charge on any atom is -1.00 e. The second-order valence-corrected chi connectivity index (χ2v) is 4.23. The van der Waals surface area contributed by atoms with Crippen LogP contribution in [0.1, 0.15) is 39.1 Å². The molecule has 1 heterocycles. The van der Waals surface area contributed by atoms with Gasteiger partial charge in [-0.2, -0.15) is 0 Å². The van der Waals surface area contributed by atoms with Crippen molar-refractivity contribution >= 4 is 12.4 Å². The van der Waals surface area contributed by atoms with Crippen molar-refractivity contribution in [3.05, 3.63) is 29.6 Å². The van der Waals surface area contributed by atoms with Crippen molar-refractivity contribution in [1.82, 2.24) is 4.98 Å². The first kappa shape index (κ1) is 23.7. The van der Waals surface area contributed by atoms with Crippen LogP contribution in [0.4, 0.5) is 0 Å². The standard InChI is InChI=1S/C13H19N3.2ClH.Fe/c1-10(2)14-8-12-6-5-7-13(16-12)9-15-11(3)4;;;/h5-11H,1-4H3;2*1H;/q;;;+2/p-2. The molecule has 1 rings (SSSR count). The second kappa shape index (κ2) is 12.6. The van der Waals surface area contributed by atoms with E-state index in [1.807, 2.05) is 45.9 Å². The molecule has 1 aromatic heterocycles. The summed E-state index contributed by atoms with van der Waals surface area (Å²) in [5, 5.41) is 0. The van der Waals surface area contributed by atoms with E-state index in [-0.39, 0.29) is 41.9 Å². The van der Waals surface area contributed by atoms with E-state index in [4.69, 9.17) is 0 Å². The molecule has 0 aromatic carbocycles. The molecule has 0 saturated heterocycles. The second-order valence-electron chi connectivity index (χ2n) is 4.23. The molecule has 0 spiro atoms. The maximum absolute atomic E-state index is 4.42. The molecule has 6 heteroatoms. The van der Waals surface area contributed by atoms with Gasteiger partial charge < -0.3 is 24.8 Å². The summed E-state index contributed by atoms with van der Waals surface area (Å²) >= 11 is 0. The van der Waals surface area contributed by atoms with Crippen molar-refractivity contribution < 1.29 is 41.9 Å². The van der Waals surface area contributed by atoms with E-state index in [0.717, 1.165) is 11.4 Å². The molecule has 3 nitrogen and oxygen atoms in total. The van der Waals surface area contributed by atoms with Gasteiger partial charge in [0.15, 0.2) is 0 Å². The number of hydrogen-bond acceptors (Lipinski definition) is 3. The third-order valence-electron chi connectivity index (χ3n) is 1.80. The van der Waals surface area contributed by atoms with Gasteiger partial charge in [0.05, 0.1) is 11.4 Å². The topological polar surface area (TPSA) is 37.6 Å². The molecule has 0 unspecified atom stereocenters. The van der Waals surface area contributed by atoms with Crippen LogP contribution in [-0.4, -0.2) is 29.5 Å². The minimum atomic E-state index is 0. The summed E-state index contributed by atoms with van der Waals surface area (Å²) in [5.41, 5.74) is 1.75. The van der Waals surface area contributed by atoms with E-state index in [9.17, 15) is 0 Å². The number of pyridine rings is 1. The number of rotatable bonds is 4. The number of hydrogen-bond donors (Lipinski definition) is 0. The van der Waals surface area contributed by atoms with Crippen LogP contribution in [-0.2, 0) is 17.1 Å². The van der Waals surface area contributed by atoms with Gasteiger partial charge >= 0.3 is 17.1 Å². The fraction of sp³-hybridized carbons (Fsp3) is 0.462. The van der Waals surface area contributed by atoms with Crippen LogP contribution in [0, 0.1) is 0 Å². The molecule has 1 aromatic rings. The number of aromatic nitrogens is 1. The Hall–Kier alpha value is -0.411. The summed E-state index contributed by atoms with van der Waals surface area (Å²) < 4.78 is 0. The predicted octanol–water partition coefficient (Wildman–Crippen LogP) is -3.26. The summed E-state index contributed by atoms with van der Waals surface area (Å²) in [6.07, 6.45) is 3.61. The van der Waals surface area contributed by atoms with Gasteiger partial charge in [0.1, 0.15) is 0 Å². The minimum absolute atomic E-state index is 0. The van der Waals surface area contributed by atoms with Crippen LogP contribution in [0.2, 0.25) is 0 Å². The summed E-state index contributed by atoms with van der Waals surface area (Å²) in [5.74, 6) is 0. The van der Waals surface area contributed by atoms with E-state index >= 15 is 0 Å². The van der Waals surface area contributed by atoms with Crippen molar-refractivity contribution in [1.29, 1.82) is 0 Å². The Kier molecular flexibility index (Phi) is 15.7. The number of nitrogens with zero attached hydrogens (tertiary/aromatic N) is 3. The first-order valence-electron chi connectivity index (χ1n) is 5.61. The molecule has 0 aliphatic heterocycles. The third kappa shape index (κ3) is 11.1. The zero-order chi connectivity index (χ0) is 12.0. The van der Waals surface area contributed by atoms with Crippen molar-refractivity contribution in [2.45, 2.75) is 39.8 Å². The SMILES string of the molecule is CC(C)N=Cc1cccc(C=NC(C)C)n1.[Cl-].[Cl-].[Fe+2]. The van der Waals surface area contributed by atoms with Crippen molar-refractivity contribution in [3.8, 4) is 0 Å². The first-order chi connectivity index (χ1) is 7.58. The van der Waals surface area contributed by atoms with Gasteiger partial charge in [-0.3, -0.25) is 9.98 Å². The molecular formula is C13H19Cl2FeN3. The Balaban J connectivity index is -0.000000853. The van der Waals surface area contributed by atoms with Crippen LogP contribution < -0.4 is 24.8 Å². The Bertz CT molecular complexity index is 360. The molecule has 0 aliphatic rings. The van der Waals surface area contributed by atoms with Crippen LogP contribution in [0.3, 0.4) is 0 Å². The van der Waals surface area contributed by atoms with Crippen molar-refractivity contribution in [2.24, 2.45) is 9.98 Å². The summed E-state index contributed by atoms with van der Waals surface area (Å²) in [6, 6.07) is 6.46. The van der Waals surface area contributed by atoms with Gasteiger partial charge in [-0.05, 0) is 39.8 Å². The third-order valence-corrected chi connectivity index (χ3v) is 1.80. The van der Waals surface area contributed by atoms with E-state index in [2.05, 4.69) is 15.0 Å². The van der Waals surface area contributed by atoms with Crippen LogP contribution in [0.5, 0.6) is 0 Å². The molecular weight excluding hydrogens is 325 g/mol. The molecule has 0 atom stereocenters. The van der Waals surface area contributed by atoms with E-state index in [1.54, 1.807) is 12.4 Å². The molecule has 0 amide bonds. The Morgan fingerprint density at radius 2 is 1.26 bits per heavy atom. The monoisotopic (exact) mass is 343 g/mol. The number of halogens is 2. The van der Waals surface area contributed by atoms with Gasteiger partial charge in [-0.25, -0.2) is 4.98 Å². The molecule has 0 aliphatic carbocycles. The quantitative estimate of drug-likeness (QED) is 0.418. The smallest absolute Gasteiger partial charge is 1.00 e. The number of aliphatic imine (C=N–C) groups is 2. The summed E-state index contributed by atoms with van der Waals surface area (Å²) in [4.78, 5) is 13.0. The fourth-order valence-electron chi connectivity index (χ4n) is 1.06. The molecule has 108 valence electrons. The Morgan fingerprint density at radius 1 is 0.895 bits per heavy atom. The van der Waals surface area contributed by atoms with E-state index < -0.39 is 0 Å². The van der Waals surface area contributed by atoms with Crippen LogP contribution >= 0.6 is 0 Å². The van der Waals surface area contributed by atoms with Gasteiger partial charge in [0.2, 0.25) is 0 Å². The zero-order valence-corrected chi connectivity index (χ0v) is 14.1. The average molecular weight is 344 g/mol. The van der Waals surface area contributed by atoms with Crippen molar-refractivity contribution in [2.75, 3.05) is 0 Å². The van der Waals surface area contributed by atoms with Crippen LogP contribution in [0.25, 0.3) is 0 Å². The molecule has 0 saturated carbocycles. The van der Waals surface area contributed by atoms with Crippen molar-refractivity contribution in [3.63, 3.8) is 0 Å². The zero-order valence-electron chi connectivity index (χ0n) is 11.5. The van der Waals surface area contributed by atoms with Gasteiger partial charge in [0.25, 0.3) is 0 Å². The van der Waals surface area contributed by atoms with Crippen LogP contribution in [0.15, 0.2) is 28.2 Å². The Labute approximate surface area is 138 Å². The maximum Gasteiger partial charge on any atom is 2.00 e. The first-order valence-corrected chi connectivity index (χ1v) is 5.61. The maximum atomic E-state index is 4.42. The molecule has 0 N–H and O–H groups in total. The predicted molar refractivity (Wildman–Crippen MR) is 69.7 cm³/mol. The molecule has 0 fully saturated rings. The summed E-state index contributed by atoms with van der Waals surface area (Å²) in [7, 11) is 0. The van der Waals surface area contributed by atoms with Gasteiger partial charge in [0, 0.05) is 24.5 Å². The molecule has 19 heavy (non-hydrogen) atoms. The van der Waals surface area contributed by atoms with Gasteiger partial charge in [-0.1, -0.05) is 6.07 Å². The average Bonchev–Trinajstić information content (AvgIpc) is 2.24. The summed E-state index contributed by atoms with van der Waals surface area (Å²) in [6.45, 7) is 8.17. The normalized spacial score (nSPS) is 10.4. The molecule has 0 bridgehead atoms. The van der Waals surface area contributed by atoms with Gasteiger partial charge in [-0.15, -0.1) is 0 Å². The molecule has 0 radical (unpaired) electrons.